The van der Waals surface area contributed by atoms with Crippen LogP contribution in [0.2, 0.25) is 0 Å². The number of ether oxygens (including phenoxy) is 1. The first-order chi connectivity index (χ1) is 11.9. The van der Waals surface area contributed by atoms with Gasteiger partial charge in [-0.3, -0.25) is 15.2 Å². The van der Waals surface area contributed by atoms with E-state index in [-0.39, 0.29) is 5.56 Å². The molecule has 1 heterocycles. The van der Waals surface area contributed by atoms with Crippen LogP contribution < -0.4 is 10.1 Å². The molecule has 3 aromatic rings. The molecule has 1 aromatic heterocycles. The largest absolute Gasteiger partial charge is 0.457 e. The van der Waals surface area contributed by atoms with Crippen LogP contribution in [0.4, 0.5) is 19.1 Å². The van der Waals surface area contributed by atoms with Gasteiger partial charge in [-0.2, -0.15) is 18.2 Å². The second-order valence-corrected chi connectivity index (χ2v) is 4.90. The van der Waals surface area contributed by atoms with E-state index in [1.807, 2.05) is 18.2 Å². The lowest BCUT2D eigenvalue weighted by Gasteiger charge is -2.06. The summed E-state index contributed by atoms with van der Waals surface area (Å²) in [6, 6.07) is 15.2. The second-order valence-electron chi connectivity index (χ2n) is 4.90. The minimum Gasteiger partial charge on any atom is -0.457 e. The van der Waals surface area contributed by atoms with Gasteiger partial charge in [0.1, 0.15) is 11.5 Å². The van der Waals surface area contributed by atoms with Crippen LogP contribution in [0.25, 0.3) is 0 Å². The number of aromatic amines is 1. The summed E-state index contributed by atoms with van der Waals surface area (Å²) in [7, 11) is 0. The van der Waals surface area contributed by atoms with E-state index in [1.165, 1.54) is 12.1 Å². The molecule has 0 radical (unpaired) electrons. The van der Waals surface area contributed by atoms with Gasteiger partial charge in [0, 0.05) is 5.56 Å². The number of aromatic nitrogens is 3. The molecule has 3 rings (SSSR count). The molecular formula is C16H11F3N4O2. The summed E-state index contributed by atoms with van der Waals surface area (Å²) in [5.74, 6) is -1.23. The molecule has 6 nitrogen and oxygen atoms in total. The molecule has 1 amide bonds. The number of hydrogen-bond donors (Lipinski definition) is 2. The minimum absolute atomic E-state index is 0.221. The van der Waals surface area contributed by atoms with Crippen molar-refractivity contribution >= 4 is 11.9 Å². The monoisotopic (exact) mass is 348 g/mol. The third kappa shape index (κ3) is 4.14. The Morgan fingerprint density at radius 2 is 1.64 bits per heavy atom. The number of nitrogens with zero attached hydrogens (tertiary/aromatic N) is 2. The van der Waals surface area contributed by atoms with Crippen molar-refractivity contribution < 1.29 is 22.7 Å². The maximum atomic E-state index is 12.4. The molecule has 25 heavy (non-hydrogen) atoms. The molecule has 9 heteroatoms. The lowest BCUT2D eigenvalue weighted by Crippen LogP contribution is -2.13. The Labute approximate surface area is 139 Å². The van der Waals surface area contributed by atoms with Crippen LogP contribution in [0.15, 0.2) is 54.6 Å². The maximum absolute atomic E-state index is 12.4. The van der Waals surface area contributed by atoms with Gasteiger partial charge >= 0.3 is 6.18 Å². The highest BCUT2D eigenvalue weighted by molar-refractivity contribution is 6.03. The molecule has 0 atom stereocenters. The molecule has 0 unspecified atom stereocenters. The van der Waals surface area contributed by atoms with Crippen molar-refractivity contribution in [2.24, 2.45) is 0 Å². The number of halogens is 3. The zero-order valence-corrected chi connectivity index (χ0v) is 12.5. The predicted octanol–water partition coefficient (Wildman–Crippen LogP) is 3.87. The number of hydrogen-bond acceptors (Lipinski definition) is 4. The Kier molecular flexibility index (Phi) is 4.38. The minimum atomic E-state index is -4.66. The number of nitrogens with one attached hydrogen (secondary N) is 2. The average molecular weight is 348 g/mol. The van der Waals surface area contributed by atoms with Crippen LogP contribution in [-0.2, 0) is 6.18 Å². The number of rotatable bonds is 4. The van der Waals surface area contributed by atoms with Gasteiger partial charge in [-0.15, -0.1) is 5.10 Å². The molecule has 0 fully saturated rings. The maximum Gasteiger partial charge on any atom is 0.451 e. The van der Waals surface area contributed by atoms with Crippen molar-refractivity contribution in [3.8, 4) is 11.5 Å². The number of amides is 1. The van der Waals surface area contributed by atoms with E-state index in [9.17, 15) is 18.0 Å². The molecule has 2 N–H and O–H groups in total. The third-order valence-corrected chi connectivity index (χ3v) is 3.07. The third-order valence-electron chi connectivity index (χ3n) is 3.07. The Balaban J connectivity index is 1.65. The Morgan fingerprint density at radius 3 is 2.24 bits per heavy atom. The van der Waals surface area contributed by atoms with Gasteiger partial charge in [-0.05, 0) is 36.4 Å². The first-order valence-electron chi connectivity index (χ1n) is 7.06. The van der Waals surface area contributed by atoms with E-state index in [0.717, 1.165) is 0 Å². The molecule has 0 aliphatic rings. The summed E-state index contributed by atoms with van der Waals surface area (Å²) in [5, 5.41) is 7.21. The van der Waals surface area contributed by atoms with Crippen LogP contribution in [0.3, 0.4) is 0 Å². The summed E-state index contributed by atoms with van der Waals surface area (Å²) < 4.78 is 42.9. The smallest absolute Gasteiger partial charge is 0.451 e. The molecule has 128 valence electrons. The van der Waals surface area contributed by atoms with Crippen LogP contribution in [0.1, 0.15) is 16.2 Å². The topological polar surface area (TPSA) is 79.9 Å². The van der Waals surface area contributed by atoms with Crippen LogP contribution in [-0.4, -0.2) is 21.1 Å². The van der Waals surface area contributed by atoms with E-state index >= 15 is 0 Å². The molecule has 0 aliphatic carbocycles. The van der Waals surface area contributed by atoms with E-state index in [0.29, 0.717) is 11.5 Å². The van der Waals surface area contributed by atoms with Gasteiger partial charge in [0.05, 0.1) is 0 Å². The first kappa shape index (κ1) is 16.5. The number of H-pyrrole nitrogens is 1. The summed E-state index contributed by atoms with van der Waals surface area (Å²) in [4.78, 5) is 15.2. The Hall–Kier alpha value is -3.36. The predicted molar refractivity (Wildman–Crippen MR) is 82.3 cm³/mol. The highest BCUT2D eigenvalue weighted by Crippen LogP contribution is 2.26. The quantitative estimate of drug-likeness (QED) is 0.750. The standard InChI is InChI=1S/C16H11F3N4O2/c17-16(18,19)14-21-15(23-22-14)20-13(24)10-6-8-12(9-7-10)25-11-4-2-1-3-5-11/h1-9H,(H2,20,21,22,23,24). The van der Waals surface area contributed by atoms with Crippen molar-refractivity contribution in [2.45, 2.75) is 6.18 Å². The second kappa shape index (κ2) is 6.63. The van der Waals surface area contributed by atoms with Crippen LogP contribution >= 0.6 is 0 Å². The number of benzene rings is 2. The molecule has 2 aromatic carbocycles. The van der Waals surface area contributed by atoms with Gasteiger partial charge in [-0.1, -0.05) is 18.2 Å². The lowest BCUT2D eigenvalue weighted by atomic mass is 10.2. The number of para-hydroxylation sites is 1. The molecular weight excluding hydrogens is 337 g/mol. The molecule has 0 saturated carbocycles. The lowest BCUT2D eigenvalue weighted by molar-refractivity contribution is -0.144. The Morgan fingerprint density at radius 1 is 1.00 bits per heavy atom. The van der Waals surface area contributed by atoms with Crippen molar-refractivity contribution in [1.82, 2.24) is 15.2 Å². The van der Waals surface area contributed by atoms with Crippen LogP contribution in [0, 0.1) is 0 Å². The van der Waals surface area contributed by atoms with Gasteiger partial charge < -0.3 is 4.74 Å². The zero-order chi connectivity index (χ0) is 17.9. The number of carbonyl (C=O) groups excluding carboxylic acids is 1. The summed E-state index contributed by atoms with van der Waals surface area (Å²) in [5.41, 5.74) is 0.221. The van der Waals surface area contributed by atoms with Gasteiger partial charge in [0.2, 0.25) is 11.8 Å². The normalized spacial score (nSPS) is 11.2. The van der Waals surface area contributed by atoms with E-state index in [1.54, 1.807) is 29.4 Å². The average Bonchev–Trinajstić information content (AvgIpc) is 3.05. The van der Waals surface area contributed by atoms with Crippen molar-refractivity contribution in [2.75, 3.05) is 5.32 Å². The zero-order valence-electron chi connectivity index (χ0n) is 12.5. The van der Waals surface area contributed by atoms with E-state index in [2.05, 4.69) is 15.4 Å². The molecule has 0 aliphatic heterocycles. The highest BCUT2D eigenvalue weighted by Gasteiger charge is 2.35. The summed E-state index contributed by atoms with van der Waals surface area (Å²) >= 11 is 0. The summed E-state index contributed by atoms with van der Waals surface area (Å²) in [6.07, 6.45) is -4.66. The molecule has 0 bridgehead atoms. The van der Waals surface area contributed by atoms with Gasteiger partial charge in [0.15, 0.2) is 0 Å². The molecule has 0 saturated heterocycles. The van der Waals surface area contributed by atoms with E-state index < -0.39 is 23.9 Å². The molecule has 0 spiro atoms. The fourth-order valence-electron chi connectivity index (χ4n) is 1.92. The van der Waals surface area contributed by atoms with Crippen molar-refractivity contribution in [1.29, 1.82) is 0 Å². The number of anilines is 1. The van der Waals surface area contributed by atoms with Crippen molar-refractivity contribution in [3.63, 3.8) is 0 Å². The number of carbonyl (C=O) groups is 1. The van der Waals surface area contributed by atoms with Crippen molar-refractivity contribution in [3.05, 3.63) is 66.0 Å². The Bertz CT molecular complexity index is 861. The van der Waals surface area contributed by atoms with Gasteiger partial charge in [0.25, 0.3) is 5.91 Å². The fraction of sp³-hybridized carbons (Fsp3) is 0.0625. The SMILES string of the molecule is O=C(Nc1n[nH]c(C(F)(F)F)n1)c1ccc(Oc2ccccc2)cc1. The van der Waals surface area contributed by atoms with E-state index in [4.69, 9.17) is 4.74 Å². The first-order valence-corrected chi connectivity index (χ1v) is 7.06. The fourth-order valence-corrected chi connectivity index (χ4v) is 1.92. The van der Waals surface area contributed by atoms with Crippen LogP contribution in [0.5, 0.6) is 11.5 Å². The summed E-state index contributed by atoms with van der Waals surface area (Å²) in [6.45, 7) is 0. The number of alkyl halides is 3. The highest BCUT2D eigenvalue weighted by atomic mass is 19.4. The van der Waals surface area contributed by atoms with Gasteiger partial charge in [-0.25, -0.2) is 0 Å².